The number of allylic oxidation sites excluding steroid dienone is 4. The number of ether oxygens (including phenoxy) is 1. The first kappa shape index (κ1) is 25.3. The molecule has 0 bridgehead atoms. The highest BCUT2D eigenvalue weighted by Crippen LogP contribution is 2.71. The molecule has 3 fully saturated rings. The van der Waals surface area contributed by atoms with Crippen molar-refractivity contribution < 1.29 is 34.5 Å². The fourth-order valence-corrected chi connectivity index (χ4v) is 7.62. The molecule has 4 N–H and O–H groups in total. The predicted molar refractivity (Wildman–Crippen MR) is 125 cm³/mol. The molecule has 8 atom stereocenters. The first-order valence-corrected chi connectivity index (χ1v) is 11.9. The summed E-state index contributed by atoms with van der Waals surface area (Å²) in [5.41, 5.74) is -4.75. The second-order valence-corrected chi connectivity index (χ2v) is 10.6. The lowest BCUT2D eigenvalue weighted by molar-refractivity contribution is -0.191. The van der Waals surface area contributed by atoms with Crippen LogP contribution in [0.2, 0.25) is 0 Å². The van der Waals surface area contributed by atoms with Crippen molar-refractivity contribution in [1.29, 1.82) is 0 Å². The molecular weight excluding hydrogens is 457 g/mol. The van der Waals surface area contributed by atoms with Crippen LogP contribution in [0.1, 0.15) is 52.9 Å². The number of carbonyl (C=O) groups excluding carboxylic acids is 1. The summed E-state index contributed by atoms with van der Waals surface area (Å²) in [5.74, 6) is -2.24. The van der Waals surface area contributed by atoms with Gasteiger partial charge in [-0.15, -0.1) is 0 Å². The van der Waals surface area contributed by atoms with Gasteiger partial charge in [0.2, 0.25) is 0 Å². The highest BCUT2D eigenvalue weighted by molar-refractivity contribution is 6.05. The van der Waals surface area contributed by atoms with Gasteiger partial charge in [-0.25, -0.2) is 4.39 Å². The Kier molecular flexibility index (Phi) is 6.09. The normalized spacial score (nSPS) is 45.7. The number of esters is 1. The van der Waals surface area contributed by atoms with Crippen LogP contribution in [0, 0.1) is 29.2 Å². The van der Waals surface area contributed by atoms with Crippen molar-refractivity contribution in [3.8, 4) is 6.57 Å². The van der Waals surface area contributed by atoms with Gasteiger partial charge in [-0.2, -0.15) is 0 Å². The molecule has 4 rings (SSSR count). The molecule has 0 amide bonds. The maximum absolute atomic E-state index is 17.4. The molecule has 190 valence electrons. The Morgan fingerprint density at radius 2 is 2.03 bits per heavy atom. The monoisotopic (exact) mass is 490 g/mol. The predicted octanol–water partition coefficient (Wildman–Crippen LogP) is 3.07. The van der Waals surface area contributed by atoms with E-state index in [0.29, 0.717) is 17.7 Å². The second kappa shape index (κ2) is 8.42. The Morgan fingerprint density at radius 3 is 2.63 bits per heavy atom. The van der Waals surface area contributed by atoms with Gasteiger partial charge in [-0.1, -0.05) is 40.7 Å². The smallest absolute Gasteiger partial charge is 0.305 e. The molecule has 9 nitrogen and oxygen atoms in total. The van der Waals surface area contributed by atoms with Gasteiger partial charge in [0, 0.05) is 17.8 Å². The van der Waals surface area contributed by atoms with E-state index in [-0.39, 0.29) is 38.0 Å². The molecule has 0 saturated heterocycles. The van der Waals surface area contributed by atoms with E-state index in [1.165, 1.54) is 6.08 Å². The molecule has 35 heavy (non-hydrogen) atoms. The summed E-state index contributed by atoms with van der Waals surface area (Å²) in [5, 5.41) is 48.2. The molecule has 3 saturated carbocycles. The van der Waals surface area contributed by atoms with Gasteiger partial charge < -0.3 is 25.4 Å². The van der Waals surface area contributed by atoms with Gasteiger partial charge >= 0.3 is 5.97 Å². The molecular formula is C25H33FN3O6+. The number of halogens is 1. The van der Waals surface area contributed by atoms with E-state index >= 15 is 4.39 Å². The fraction of sp³-hybridized carbons (Fsp3) is 0.680. The van der Waals surface area contributed by atoms with E-state index in [1.807, 2.05) is 0 Å². The van der Waals surface area contributed by atoms with Gasteiger partial charge in [0.1, 0.15) is 18.0 Å². The summed E-state index contributed by atoms with van der Waals surface area (Å²) in [6, 6.07) is 0. The Morgan fingerprint density at radius 1 is 1.31 bits per heavy atom. The molecule has 0 aromatic rings. The van der Waals surface area contributed by atoms with Gasteiger partial charge in [0.15, 0.2) is 5.67 Å². The first-order valence-electron chi connectivity index (χ1n) is 11.9. The third kappa shape index (κ3) is 3.14. The Labute approximate surface area is 203 Å². The maximum Gasteiger partial charge on any atom is 0.305 e. The summed E-state index contributed by atoms with van der Waals surface area (Å²) in [7, 11) is 0. The summed E-state index contributed by atoms with van der Waals surface area (Å²) in [6.45, 7) is 10.8. The van der Waals surface area contributed by atoms with Crippen molar-refractivity contribution >= 4 is 17.4 Å². The number of oxime groups is 2. The van der Waals surface area contributed by atoms with Gasteiger partial charge in [0.25, 0.3) is 12.1 Å². The minimum atomic E-state index is -2.18. The van der Waals surface area contributed by atoms with Gasteiger partial charge in [0.05, 0.1) is 30.0 Å². The zero-order chi connectivity index (χ0) is 25.8. The zero-order valence-electron chi connectivity index (χ0n) is 20.2. The van der Waals surface area contributed by atoms with Gasteiger partial charge in [-0.05, 0) is 38.3 Å². The van der Waals surface area contributed by atoms with Crippen molar-refractivity contribution in [2.24, 2.45) is 33.0 Å². The lowest BCUT2D eigenvalue weighted by Crippen LogP contribution is -2.72. The van der Waals surface area contributed by atoms with Crippen molar-refractivity contribution in [1.82, 2.24) is 0 Å². The lowest BCUT2D eigenvalue weighted by Gasteiger charge is -2.60. The summed E-state index contributed by atoms with van der Waals surface area (Å²) >= 11 is 0. The molecule has 0 aliphatic heterocycles. The van der Waals surface area contributed by atoms with Crippen molar-refractivity contribution in [2.75, 3.05) is 6.61 Å². The number of hydrogen-bond donors (Lipinski definition) is 4. The molecule has 0 aromatic heterocycles. The molecule has 10 heteroatoms. The average molecular weight is 491 g/mol. The van der Waals surface area contributed by atoms with E-state index < -0.39 is 52.1 Å². The second-order valence-electron chi connectivity index (χ2n) is 10.6. The van der Waals surface area contributed by atoms with Crippen LogP contribution < -0.4 is 0 Å². The molecule has 4 aliphatic carbocycles. The van der Waals surface area contributed by atoms with Crippen molar-refractivity contribution in [3.05, 3.63) is 28.6 Å². The molecule has 0 heterocycles. The van der Waals surface area contributed by atoms with E-state index in [1.54, 1.807) is 32.9 Å². The topological polar surface area (TPSA) is 136 Å². The summed E-state index contributed by atoms with van der Waals surface area (Å²) in [6.07, 6.45) is 2.92. The SMILES string of the molecule is C#[N+][C@@]12C[C@@H](O)[C@H](/C(COC(=O)CC)=N/O)[C@@]1(C)C[C@H](O)[C@@]1(F)[C@H]2CCC2=C/C(=N/O)C=C[C@@]21C. The van der Waals surface area contributed by atoms with Crippen molar-refractivity contribution in [2.45, 2.75) is 76.3 Å². The Hall–Kier alpha value is -2.77. The number of aliphatic hydroxyl groups is 2. The van der Waals surface area contributed by atoms with E-state index in [0.717, 1.165) is 0 Å². The number of alkyl halides is 1. The number of carbonyl (C=O) groups is 1. The molecule has 0 aromatic carbocycles. The number of aliphatic hydroxyl groups excluding tert-OH is 2. The van der Waals surface area contributed by atoms with Gasteiger partial charge in [-0.3, -0.25) is 4.79 Å². The van der Waals surface area contributed by atoms with Crippen LogP contribution in [-0.2, 0) is 9.53 Å². The van der Waals surface area contributed by atoms with E-state index in [4.69, 9.17) is 11.3 Å². The minimum Gasteiger partial charge on any atom is -0.459 e. The highest BCUT2D eigenvalue weighted by atomic mass is 19.1. The maximum atomic E-state index is 17.4. The Balaban J connectivity index is 1.81. The third-order valence-electron chi connectivity index (χ3n) is 9.34. The summed E-state index contributed by atoms with van der Waals surface area (Å²) < 4.78 is 22.6. The van der Waals surface area contributed by atoms with Crippen molar-refractivity contribution in [3.63, 3.8) is 0 Å². The van der Waals surface area contributed by atoms with Crippen LogP contribution in [0.4, 0.5) is 4.39 Å². The lowest BCUT2D eigenvalue weighted by atomic mass is 9.42. The molecule has 0 spiro atoms. The van der Waals surface area contributed by atoms with Crippen LogP contribution in [0.25, 0.3) is 4.85 Å². The third-order valence-corrected chi connectivity index (χ3v) is 9.34. The first-order chi connectivity index (χ1) is 16.5. The molecule has 4 aliphatic rings. The zero-order valence-corrected chi connectivity index (χ0v) is 20.2. The van der Waals surface area contributed by atoms with Crippen LogP contribution >= 0.6 is 0 Å². The Bertz CT molecular complexity index is 1080. The number of nitrogens with zero attached hydrogens (tertiary/aromatic N) is 3. The number of rotatable bonds is 4. The van der Waals surface area contributed by atoms with E-state index in [2.05, 4.69) is 15.2 Å². The van der Waals surface area contributed by atoms with Crippen LogP contribution in [0.5, 0.6) is 0 Å². The fourth-order valence-electron chi connectivity index (χ4n) is 7.62. The van der Waals surface area contributed by atoms with Crippen LogP contribution in [-0.4, -0.2) is 68.0 Å². The van der Waals surface area contributed by atoms with E-state index in [9.17, 15) is 25.4 Å². The minimum absolute atomic E-state index is 0.00332. The standard InChI is InChI=1S/C25H32FN3O6/c1-5-20(32)35-13-16(29-34)21-17(30)11-24(27-4)18-7-6-14-10-15(28-33)8-9-22(14,2)25(18,26)19(31)12-23(21,24)3/h4,8-10,17-19,21,30-31H,5-7,11-13H2,1-3H3,(H-,33,34)/p+1/b28-15+,29-16+/t17-,18+,19+,21+,22+,23-,24-,25+/m1/s1. The highest BCUT2D eigenvalue weighted by Gasteiger charge is 2.83. The quantitative estimate of drug-likeness (QED) is 0.207. The number of hydrogen-bond acceptors (Lipinski definition) is 8. The largest absolute Gasteiger partial charge is 0.459 e. The molecule has 0 unspecified atom stereocenters. The van der Waals surface area contributed by atoms with Crippen LogP contribution in [0.3, 0.4) is 0 Å². The number of fused-ring (bicyclic) bond motifs is 5. The molecule has 0 radical (unpaired) electrons. The summed E-state index contributed by atoms with van der Waals surface area (Å²) in [4.78, 5) is 16.0. The van der Waals surface area contributed by atoms with Crippen LogP contribution in [0.15, 0.2) is 34.1 Å². The average Bonchev–Trinajstić information content (AvgIpc) is 3.06.